The Bertz CT molecular complexity index is 440. The van der Waals surface area contributed by atoms with E-state index in [9.17, 15) is 9.59 Å². The fraction of sp³-hybridized carbons (Fsp3) is 0.400. The van der Waals surface area contributed by atoms with E-state index >= 15 is 0 Å². The van der Waals surface area contributed by atoms with E-state index in [0.29, 0.717) is 24.0 Å². The standard InChI is InChI=1S/C10H11NO3/c1-5-8-6(3-4-7(8)12)9(10(13)14)11(5)2/h3-4H2,1-2H3,(H,13,14). The Morgan fingerprint density at radius 1 is 1.43 bits per heavy atom. The average Bonchev–Trinajstić information content (AvgIpc) is 2.56. The van der Waals surface area contributed by atoms with Crippen LogP contribution in [-0.2, 0) is 13.5 Å². The lowest BCUT2D eigenvalue weighted by atomic mass is 10.1. The van der Waals surface area contributed by atoms with Crippen molar-refractivity contribution in [2.24, 2.45) is 7.05 Å². The zero-order chi connectivity index (χ0) is 10.5. The molecular formula is C10H11NO3. The van der Waals surface area contributed by atoms with Gasteiger partial charge in [-0.2, -0.15) is 0 Å². The maximum Gasteiger partial charge on any atom is 0.352 e. The summed E-state index contributed by atoms with van der Waals surface area (Å²) in [4.78, 5) is 22.4. The van der Waals surface area contributed by atoms with Crippen molar-refractivity contribution < 1.29 is 14.7 Å². The van der Waals surface area contributed by atoms with Crippen LogP contribution >= 0.6 is 0 Å². The van der Waals surface area contributed by atoms with Crippen molar-refractivity contribution >= 4 is 11.8 Å². The summed E-state index contributed by atoms with van der Waals surface area (Å²) in [6, 6.07) is 0. The number of aromatic nitrogens is 1. The van der Waals surface area contributed by atoms with Crippen LogP contribution in [0.3, 0.4) is 0 Å². The number of aromatic carboxylic acids is 1. The first-order chi connectivity index (χ1) is 6.54. The Morgan fingerprint density at radius 2 is 2.07 bits per heavy atom. The Balaban J connectivity index is 2.76. The van der Waals surface area contributed by atoms with Gasteiger partial charge in [0.1, 0.15) is 5.69 Å². The van der Waals surface area contributed by atoms with Crippen LogP contribution < -0.4 is 0 Å². The molecule has 0 saturated heterocycles. The van der Waals surface area contributed by atoms with Crippen LogP contribution in [0.25, 0.3) is 0 Å². The van der Waals surface area contributed by atoms with E-state index < -0.39 is 5.97 Å². The summed E-state index contributed by atoms with van der Waals surface area (Å²) in [5.74, 6) is -0.882. The fourth-order valence-electron chi connectivity index (χ4n) is 2.12. The summed E-state index contributed by atoms with van der Waals surface area (Å²) >= 11 is 0. The van der Waals surface area contributed by atoms with Crippen molar-refractivity contribution in [3.8, 4) is 0 Å². The van der Waals surface area contributed by atoms with Gasteiger partial charge in [0.2, 0.25) is 0 Å². The number of carbonyl (C=O) groups excluding carboxylic acids is 1. The Labute approximate surface area is 81.2 Å². The number of carboxylic acid groups (broad SMARTS) is 1. The second kappa shape index (κ2) is 2.70. The lowest BCUT2D eigenvalue weighted by Gasteiger charge is -2.02. The molecule has 4 heteroatoms. The predicted octanol–water partition coefficient (Wildman–Crippen LogP) is 1.16. The van der Waals surface area contributed by atoms with Gasteiger partial charge in [-0.3, -0.25) is 4.79 Å². The van der Waals surface area contributed by atoms with E-state index in [1.807, 2.05) is 0 Å². The van der Waals surface area contributed by atoms with Crippen molar-refractivity contribution in [2.75, 3.05) is 0 Å². The summed E-state index contributed by atoms with van der Waals surface area (Å²) in [6.07, 6.45) is 1.02. The van der Waals surface area contributed by atoms with Gasteiger partial charge in [-0.15, -0.1) is 0 Å². The highest BCUT2D eigenvalue weighted by Gasteiger charge is 2.31. The molecule has 1 heterocycles. The highest BCUT2D eigenvalue weighted by atomic mass is 16.4. The molecule has 14 heavy (non-hydrogen) atoms. The molecule has 1 aliphatic rings. The lowest BCUT2D eigenvalue weighted by Crippen LogP contribution is -2.08. The number of hydrogen-bond acceptors (Lipinski definition) is 2. The minimum Gasteiger partial charge on any atom is -0.477 e. The molecule has 0 radical (unpaired) electrons. The first-order valence-corrected chi connectivity index (χ1v) is 4.48. The van der Waals surface area contributed by atoms with Crippen molar-refractivity contribution in [1.29, 1.82) is 0 Å². The summed E-state index contributed by atoms with van der Waals surface area (Å²) in [7, 11) is 1.68. The smallest absolute Gasteiger partial charge is 0.352 e. The number of hydrogen-bond donors (Lipinski definition) is 1. The molecule has 2 rings (SSSR count). The number of carbonyl (C=O) groups is 2. The topological polar surface area (TPSA) is 59.3 Å². The van der Waals surface area contributed by atoms with Crippen LogP contribution in [0.2, 0.25) is 0 Å². The van der Waals surface area contributed by atoms with E-state index in [2.05, 4.69) is 0 Å². The second-order valence-corrected chi connectivity index (χ2v) is 3.57. The molecule has 0 saturated carbocycles. The number of nitrogens with zero attached hydrogens (tertiary/aromatic N) is 1. The summed E-state index contributed by atoms with van der Waals surface area (Å²) in [5.41, 5.74) is 2.37. The Hall–Kier alpha value is -1.58. The fourth-order valence-corrected chi connectivity index (χ4v) is 2.12. The van der Waals surface area contributed by atoms with Crippen LogP contribution in [0.1, 0.15) is 38.5 Å². The number of ketones is 1. The number of rotatable bonds is 1. The van der Waals surface area contributed by atoms with Gasteiger partial charge >= 0.3 is 5.97 Å². The van der Waals surface area contributed by atoms with Gasteiger partial charge in [0.05, 0.1) is 0 Å². The molecule has 0 aromatic carbocycles. The molecular weight excluding hydrogens is 182 g/mol. The molecule has 0 aliphatic heterocycles. The van der Waals surface area contributed by atoms with Crippen LogP contribution in [0, 0.1) is 6.92 Å². The van der Waals surface area contributed by atoms with Gasteiger partial charge in [0.25, 0.3) is 0 Å². The molecule has 0 atom stereocenters. The highest BCUT2D eigenvalue weighted by molar-refractivity contribution is 6.05. The van der Waals surface area contributed by atoms with Crippen molar-refractivity contribution in [2.45, 2.75) is 19.8 Å². The molecule has 0 amide bonds. The molecule has 0 spiro atoms. The average molecular weight is 193 g/mol. The molecule has 0 fully saturated rings. The highest BCUT2D eigenvalue weighted by Crippen LogP contribution is 2.30. The third-order valence-electron chi connectivity index (χ3n) is 2.87. The van der Waals surface area contributed by atoms with Crippen molar-refractivity contribution in [3.05, 3.63) is 22.5 Å². The van der Waals surface area contributed by atoms with Crippen molar-refractivity contribution in [3.63, 3.8) is 0 Å². The number of carboxylic acids is 1. The first-order valence-electron chi connectivity index (χ1n) is 4.48. The quantitative estimate of drug-likeness (QED) is 0.728. The minimum absolute atomic E-state index is 0.0700. The molecule has 0 bridgehead atoms. The number of Topliss-reactive ketones (excluding diaryl/α,β-unsaturated/α-hetero) is 1. The largest absolute Gasteiger partial charge is 0.477 e. The SMILES string of the molecule is Cc1c2c(c(C(=O)O)n1C)CCC2=O. The normalized spacial score (nSPS) is 14.6. The molecule has 74 valence electrons. The summed E-state index contributed by atoms with van der Waals surface area (Å²) < 4.78 is 1.59. The third kappa shape index (κ3) is 0.937. The summed E-state index contributed by atoms with van der Waals surface area (Å²) in [6.45, 7) is 1.79. The van der Waals surface area contributed by atoms with Crippen LogP contribution in [-0.4, -0.2) is 21.4 Å². The zero-order valence-electron chi connectivity index (χ0n) is 8.13. The second-order valence-electron chi connectivity index (χ2n) is 3.57. The molecule has 1 aliphatic carbocycles. The Kier molecular flexibility index (Phi) is 1.74. The maximum absolute atomic E-state index is 11.5. The Morgan fingerprint density at radius 3 is 2.64 bits per heavy atom. The van der Waals surface area contributed by atoms with Gasteiger partial charge in [-0.25, -0.2) is 4.79 Å². The maximum atomic E-state index is 11.5. The first kappa shape index (κ1) is 8.99. The van der Waals surface area contributed by atoms with E-state index in [0.717, 1.165) is 5.69 Å². The van der Waals surface area contributed by atoms with E-state index in [1.165, 1.54) is 0 Å². The van der Waals surface area contributed by atoms with E-state index in [4.69, 9.17) is 5.11 Å². The minimum atomic E-state index is -0.952. The van der Waals surface area contributed by atoms with Crippen molar-refractivity contribution in [1.82, 2.24) is 4.57 Å². The van der Waals surface area contributed by atoms with Crippen LogP contribution in [0.5, 0.6) is 0 Å². The predicted molar refractivity (Wildman–Crippen MR) is 49.8 cm³/mol. The lowest BCUT2D eigenvalue weighted by molar-refractivity contribution is 0.0684. The van der Waals surface area contributed by atoms with Gasteiger partial charge < -0.3 is 9.67 Å². The molecule has 1 N–H and O–H groups in total. The van der Waals surface area contributed by atoms with E-state index in [1.54, 1.807) is 18.5 Å². The van der Waals surface area contributed by atoms with Gasteiger partial charge in [-0.05, 0) is 18.9 Å². The monoisotopic (exact) mass is 193 g/mol. The summed E-state index contributed by atoms with van der Waals surface area (Å²) in [5, 5.41) is 9.00. The van der Waals surface area contributed by atoms with Gasteiger partial charge in [0, 0.05) is 24.7 Å². The molecule has 1 aromatic rings. The molecule has 4 nitrogen and oxygen atoms in total. The molecule has 1 aromatic heterocycles. The third-order valence-corrected chi connectivity index (χ3v) is 2.87. The van der Waals surface area contributed by atoms with E-state index in [-0.39, 0.29) is 11.5 Å². The number of fused-ring (bicyclic) bond motifs is 1. The van der Waals surface area contributed by atoms with Gasteiger partial charge in [-0.1, -0.05) is 0 Å². The van der Waals surface area contributed by atoms with Crippen LogP contribution in [0.15, 0.2) is 0 Å². The van der Waals surface area contributed by atoms with Crippen LogP contribution in [0.4, 0.5) is 0 Å². The zero-order valence-corrected chi connectivity index (χ0v) is 8.13. The van der Waals surface area contributed by atoms with Gasteiger partial charge in [0.15, 0.2) is 5.78 Å². The molecule has 0 unspecified atom stereocenters.